The van der Waals surface area contributed by atoms with E-state index in [0.29, 0.717) is 12.5 Å². The molecule has 0 aromatic carbocycles. The van der Waals surface area contributed by atoms with E-state index in [-0.39, 0.29) is 30.9 Å². The highest BCUT2D eigenvalue weighted by Gasteiger charge is 2.23. The smallest absolute Gasteiger partial charge is 0.239 e. The van der Waals surface area contributed by atoms with Crippen molar-refractivity contribution in [2.24, 2.45) is 11.7 Å². The van der Waals surface area contributed by atoms with Crippen LogP contribution in [0.2, 0.25) is 0 Å². The molecule has 1 aliphatic heterocycles. The number of nitrogens with two attached hydrogens (primary N) is 1. The maximum Gasteiger partial charge on any atom is 0.239 e. The molecule has 92 valence electrons. The van der Waals surface area contributed by atoms with Crippen LogP contribution in [0.4, 0.5) is 0 Å². The molecule has 2 unspecified atom stereocenters. The second kappa shape index (κ2) is 6.44. The molecule has 16 heavy (non-hydrogen) atoms. The summed E-state index contributed by atoms with van der Waals surface area (Å²) in [5, 5.41) is 5.25. The fourth-order valence-electron chi connectivity index (χ4n) is 1.62. The summed E-state index contributed by atoms with van der Waals surface area (Å²) in [7, 11) is 0. The zero-order valence-electron chi connectivity index (χ0n) is 9.49. The van der Waals surface area contributed by atoms with Crippen molar-refractivity contribution >= 4 is 11.8 Å². The van der Waals surface area contributed by atoms with E-state index >= 15 is 0 Å². The molecule has 0 aromatic heterocycles. The standard InChI is InChI=1S/C10H19N3O3/c1-7(8-2-3-16-6-8)13-10(15)5-12-9(14)4-11/h7-8H,2-6,11H2,1H3,(H,12,14)(H,13,15). The molecule has 0 saturated carbocycles. The van der Waals surface area contributed by atoms with Crippen LogP contribution in [0.15, 0.2) is 0 Å². The third-order valence-electron chi connectivity index (χ3n) is 2.69. The summed E-state index contributed by atoms with van der Waals surface area (Å²) in [4.78, 5) is 22.2. The number of nitrogens with one attached hydrogen (secondary N) is 2. The van der Waals surface area contributed by atoms with Crippen molar-refractivity contribution in [3.63, 3.8) is 0 Å². The van der Waals surface area contributed by atoms with E-state index < -0.39 is 0 Å². The minimum absolute atomic E-state index is 0.0199. The molecular weight excluding hydrogens is 210 g/mol. The second-order valence-electron chi connectivity index (χ2n) is 3.96. The second-order valence-corrected chi connectivity index (χ2v) is 3.96. The van der Waals surface area contributed by atoms with Gasteiger partial charge < -0.3 is 21.1 Å². The van der Waals surface area contributed by atoms with E-state index in [4.69, 9.17) is 10.5 Å². The maximum absolute atomic E-state index is 11.4. The number of hydrogen-bond donors (Lipinski definition) is 3. The Balaban J connectivity index is 2.19. The van der Waals surface area contributed by atoms with Crippen molar-refractivity contribution in [2.45, 2.75) is 19.4 Å². The summed E-state index contributed by atoms with van der Waals surface area (Å²) < 4.78 is 5.24. The Hall–Kier alpha value is -1.14. The molecule has 1 heterocycles. The van der Waals surface area contributed by atoms with E-state index in [1.54, 1.807) is 0 Å². The van der Waals surface area contributed by atoms with Crippen molar-refractivity contribution < 1.29 is 14.3 Å². The zero-order valence-corrected chi connectivity index (χ0v) is 9.49. The molecule has 0 aliphatic carbocycles. The lowest BCUT2D eigenvalue weighted by molar-refractivity contribution is -0.125. The van der Waals surface area contributed by atoms with Crippen LogP contribution >= 0.6 is 0 Å². The summed E-state index contributed by atoms with van der Waals surface area (Å²) in [6, 6.07) is 0.0739. The Morgan fingerprint density at radius 1 is 1.50 bits per heavy atom. The largest absolute Gasteiger partial charge is 0.381 e. The van der Waals surface area contributed by atoms with Crippen molar-refractivity contribution in [3.05, 3.63) is 0 Å². The summed E-state index contributed by atoms with van der Waals surface area (Å²) >= 11 is 0. The maximum atomic E-state index is 11.4. The summed E-state index contributed by atoms with van der Waals surface area (Å²) in [5.41, 5.74) is 5.10. The van der Waals surface area contributed by atoms with Gasteiger partial charge in [-0.05, 0) is 13.3 Å². The Bertz CT molecular complexity index is 252. The SMILES string of the molecule is CC(NC(=O)CNC(=O)CN)C1CCOC1. The number of ether oxygens (including phenoxy) is 1. The number of rotatable bonds is 5. The zero-order chi connectivity index (χ0) is 12.0. The van der Waals surface area contributed by atoms with Crippen LogP contribution in [0.5, 0.6) is 0 Å². The highest BCUT2D eigenvalue weighted by Crippen LogP contribution is 2.15. The van der Waals surface area contributed by atoms with Gasteiger partial charge in [-0.2, -0.15) is 0 Å². The monoisotopic (exact) mass is 229 g/mol. The Kier molecular flexibility index (Phi) is 5.21. The lowest BCUT2D eigenvalue weighted by atomic mass is 10.0. The van der Waals surface area contributed by atoms with Gasteiger partial charge >= 0.3 is 0 Å². The molecule has 0 aromatic rings. The first-order valence-corrected chi connectivity index (χ1v) is 5.47. The average Bonchev–Trinajstić information content (AvgIpc) is 2.79. The van der Waals surface area contributed by atoms with Crippen LogP contribution in [-0.4, -0.2) is 44.2 Å². The Morgan fingerprint density at radius 2 is 2.25 bits per heavy atom. The lowest BCUT2D eigenvalue weighted by Crippen LogP contribution is -2.44. The summed E-state index contributed by atoms with van der Waals surface area (Å²) in [6.07, 6.45) is 0.969. The van der Waals surface area contributed by atoms with Gasteiger partial charge in [0.1, 0.15) is 0 Å². The number of carbonyl (C=O) groups excluding carboxylic acids is 2. The third-order valence-corrected chi connectivity index (χ3v) is 2.69. The fraction of sp³-hybridized carbons (Fsp3) is 0.800. The molecule has 1 fully saturated rings. The van der Waals surface area contributed by atoms with E-state index in [1.807, 2.05) is 6.92 Å². The molecule has 1 rings (SSSR count). The molecule has 0 spiro atoms. The number of hydrogen-bond acceptors (Lipinski definition) is 4. The topological polar surface area (TPSA) is 93.5 Å². The summed E-state index contributed by atoms with van der Waals surface area (Å²) in [6.45, 7) is 3.28. The average molecular weight is 229 g/mol. The first kappa shape index (κ1) is 12.9. The van der Waals surface area contributed by atoms with Crippen LogP contribution < -0.4 is 16.4 Å². The van der Waals surface area contributed by atoms with Gasteiger partial charge in [0.05, 0.1) is 19.7 Å². The Morgan fingerprint density at radius 3 is 2.81 bits per heavy atom. The minimum atomic E-state index is -0.327. The van der Waals surface area contributed by atoms with Gasteiger partial charge in [0, 0.05) is 18.6 Å². The van der Waals surface area contributed by atoms with Gasteiger partial charge in [0.2, 0.25) is 11.8 Å². The quantitative estimate of drug-likeness (QED) is 0.540. The van der Waals surface area contributed by atoms with Gasteiger partial charge in [-0.15, -0.1) is 0 Å². The van der Waals surface area contributed by atoms with Gasteiger partial charge in [0.15, 0.2) is 0 Å². The predicted molar refractivity (Wildman–Crippen MR) is 58.6 cm³/mol. The highest BCUT2D eigenvalue weighted by atomic mass is 16.5. The highest BCUT2D eigenvalue weighted by molar-refractivity contribution is 5.85. The molecule has 1 saturated heterocycles. The molecule has 1 aliphatic rings. The van der Waals surface area contributed by atoms with Crippen LogP contribution in [0.1, 0.15) is 13.3 Å². The van der Waals surface area contributed by atoms with Gasteiger partial charge in [-0.1, -0.05) is 0 Å². The van der Waals surface area contributed by atoms with Crippen LogP contribution in [0.25, 0.3) is 0 Å². The van der Waals surface area contributed by atoms with E-state index in [1.165, 1.54) is 0 Å². The van der Waals surface area contributed by atoms with Crippen LogP contribution in [-0.2, 0) is 14.3 Å². The van der Waals surface area contributed by atoms with Gasteiger partial charge in [-0.3, -0.25) is 9.59 Å². The van der Waals surface area contributed by atoms with E-state index in [0.717, 1.165) is 13.0 Å². The summed E-state index contributed by atoms with van der Waals surface area (Å²) in [5.74, 6) is -0.151. The lowest BCUT2D eigenvalue weighted by Gasteiger charge is -2.19. The normalized spacial score (nSPS) is 21.5. The van der Waals surface area contributed by atoms with Crippen molar-refractivity contribution in [3.8, 4) is 0 Å². The molecule has 2 amide bonds. The first-order chi connectivity index (χ1) is 7.63. The van der Waals surface area contributed by atoms with E-state index in [9.17, 15) is 9.59 Å². The van der Waals surface area contributed by atoms with Crippen molar-refractivity contribution in [1.29, 1.82) is 0 Å². The molecule has 2 atom stereocenters. The number of amides is 2. The minimum Gasteiger partial charge on any atom is -0.381 e. The van der Waals surface area contributed by atoms with Gasteiger partial charge in [0.25, 0.3) is 0 Å². The predicted octanol–water partition coefficient (Wildman–Crippen LogP) is -1.40. The Labute approximate surface area is 94.9 Å². The van der Waals surface area contributed by atoms with E-state index in [2.05, 4.69) is 10.6 Å². The molecule has 6 nitrogen and oxygen atoms in total. The van der Waals surface area contributed by atoms with Gasteiger partial charge in [-0.25, -0.2) is 0 Å². The third kappa shape index (κ3) is 4.16. The molecular formula is C10H19N3O3. The molecule has 0 bridgehead atoms. The fourth-order valence-corrected chi connectivity index (χ4v) is 1.62. The number of carbonyl (C=O) groups is 2. The van der Waals surface area contributed by atoms with Crippen molar-refractivity contribution in [1.82, 2.24) is 10.6 Å². The molecule has 0 radical (unpaired) electrons. The first-order valence-electron chi connectivity index (χ1n) is 5.47. The molecule has 4 N–H and O–H groups in total. The van der Waals surface area contributed by atoms with Crippen molar-refractivity contribution in [2.75, 3.05) is 26.3 Å². The van der Waals surface area contributed by atoms with Crippen LogP contribution in [0, 0.1) is 5.92 Å². The molecule has 6 heteroatoms. The van der Waals surface area contributed by atoms with Crippen LogP contribution in [0.3, 0.4) is 0 Å².